The Balaban J connectivity index is 0.00000192. The summed E-state index contributed by atoms with van der Waals surface area (Å²) in [5.41, 5.74) is 3.39. The van der Waals surface area contributed by atoms with Gasteiger partial charge in [0.05, 0.1) is 11.5 Å². The van der Waals surface area contributed by atoms with Crippen molar-refractivity contribution in [2.24, 2.45) is 0 Å². The average Bonchev–Trinajstić information content (AvgIpc) is 2.90. The highest BCUT2D eigenvalue weighted by molar-refractivity contribution is 7.15. The van der Waals surface area contributed by atoms with E-state index in [2.05, 4.69) is 41.5 Å². The van der Waals surface area contributed by atoms with Crippen molar-refractivity contribution in [2.45, 2.75) is 13.8 Å². The van der Waals surface area contributed by atoms with Crippen LogP contribution < -0.4 is 32.0 Å². The molecule has 0 atom stereocenters. The Labute approximate surface area is 151 Å². The number of rotatable bonds is 5. The van der Waals surface area contributed by atoms with E-state index in [-0.39, 0.29) is 17.0 Å². The quantitative estimate of drug-likeness (QED) is 0.719. The molecular weight excluding hydrogens is 372 g/mol. The number of aromatic nitrogens is 1. The molecular formula is C18H19BrN2OS. The maximum Gasteiger partial charge on any atom is 0.337 e. The summed E-state index contributed by atoms with van der Waals surface area (Å²) < 4.78 is 5.49. The first kappa shape index (κ1) is 17.5. The van der Waals surface area contributed by atoms with Crippen LogP contribution in [0.15, 0.2) is 54.6 Å². The largest absolute Gasteiger partial charge is 1.00 e. The molecule has 120 valence electrons. The summed E-state index contributed by atoms with van der Waals surface area (Å²) in [4.78, 5) is 4.72. The third-order valence-electron chi connectivity index (χ3n) is 3.33. The molecule has 0 fully saturated rings. The Morgan fingerprint density at radius 2 is 1.74 bits per heavy atom. The summed E-state index contributed by atoms with van der Waals surface area (Å²) in [6.07, 6.45) is 0. The van der Waals surface area contributed by atoms with E-state index in [1.807, 2.05) is 37.3 Å². The number of hydrogen-bond donors (Lipinski definition) is 1. The summed E-state index contributed by atoms with van der Waals surface area (Å²) in [7, 11) is 0. The van der Waals surface area contributed by atoms with Gasteiger partial charge in [0, 0.05) is 5.56 Å². The van der Waals surface area contributed by atoms with Gasteiger partial charge in [-0.1, -0.05) is 29.5 Å². The molecule has 0 radical (unpaired) electrons. The van der Waals surface area contributed by atoms with Crippen LogP contribution in [0, 0.1) is 6.92 Å². The molecule has 0 amide bonds. The van der Waals surface area contributed by atoms with Crippen molar-refractivity contribution < 1.29 is 26.7 Å². The molecule has 0 saturated heterocycles. The summed E-state index contributed by atoms with van der Waals surface area (Å²) >= 11 is 1.72. The normalized spacial score (nSPS) is 10.0. The highest BCUT2D eigenvalue weighted by Gasteiger charge is 2.15. The zero-order chi connectivity index (χ0) is 15.4. The zero-order valence-electron chi connectivity index (χ0n) is 13.1. The van der Waals surface area contributed by atoms with Crippen molar-refractivity contribution in [3.8, 4) is 17.0 Å². The van der Waals surface area contributed by atoms with Crippen LogP contribution in [-0.2, 0) is 0 Å². The monoisotopic (exact) mass is 390 g/mol. The molecule has 0 unspecified atom stereocenters. The van der Waals surface area contributed by atoms with Crippen molar-refractivity contribution in [1.82, 2.24) is 0 Å². The summed E-state index contributed by atoms with van der Waals surface area (Å²) in [6.45, 7) is 4.81. The van der Waals surface area contributed by atoms with Crippen LogP contribution in [0.4, 0.5) is 10.8 Å². The summed E-state index contributed by atoms with van der Waals surface area (Å²) in [5.74, 6) is 0.904. The Bertz CT molecular complexity index is 741. The number of nitrogens with one attached hydrogen (secondary N) is 2. The van der Waals surface area contributed by atoms with E-state index in [1.165, 1.54) is 10.4 Å². The molecule has 2 aromatic carbocycles. The van der Waals surface area contributed by atoms with E-state index in [0.29, 0.717) is 6.61 Å². The number of aromatic amines is 1. The lowest BCUT2D eigenvalue weighted by molar-refractivity contribution is -0.341. The fraction of sp³-hybridized carbons (Fsp3) is 0.167. The molecule has 0 aliphatic rings. The number of H-pyrrole nitrogens is 1. The van der Waals surface area contributed by atoms with Crippen molar-refractivity contribution >= 4 is 22.2 Å². The van der Waals surface area contributed by atoms with Crippen molar-refractivity contribution in [2.75, 3.05) is 11.9 Å². The standard InChI is InChI=1S/C18H18N2OS.BrH/c1-3-21-16-11-9-14(10-12-16)17-13(2)22-18(20-17)19-15-7-5-4-6-8-15;/h4-12H,3H2,1-2H3,(H,19,20);1H. The molecule has 0 bridgehead atoms. The number of hydrogen-bond acceptors (Lipinski definition) is 3. The molecule has 23 heavy (non-hydrogen) atoms. The van der Waals surface area contributed by atoms with Crippen LogP contribution in [0.3, 0.4) is 0 Å². The minimum Gasteiger partial charge on any atom is -1.00 e. The van der Waals surface area contributed by atoms with Crippen LogP contribution in [0.5, 0.6) is 5.75 Å². The molecule has 0 aliphatic heterocycles. The molecule has 3 aromatic rings. The fourth-order valence-corrected chi connectivity index (χ4v) is 3.20. The highest BCUT2D eigenvalue weighted by atomic mass is 79.9. The molecule has 1 heterocycles. The smallest absolute Gasteiger partial charge is 0.337 e. The second-order valence-electron chi connectivity index (χ2n) is 4.94. The Kier molecular flexibility index (Phi) is 6.19. The van der Waals surface area contributed by atoms with Gasteiger partial charge in [-0.2, -0.15) is 0 Å². The van der Waals surface area contributed by atoms with Gasteiger partial charge in [-0.15, -0.1) is 0 Å². The van der Waals surface area contributed by atoms with Gasteiger partial charge in [0.15, 0.2) is 0 Å². The van der Waals surface area contributed by atoms with Crippen LogP contribution in [0.25, 0.3) is 11.3 Å². The van der Waals surface area contributed by atoms with Crippen molar-refractivity contribution in [3.63, 3.8) is 0 Å². The maximum absolute atomic E-state index is 5.49. The second-order valence-corrected chi connectivity index (χ2v) is 6.16. The first-order chi connectivity index (χ1) is 10.8. The van der Waals surface area contributed by atoms with Gasteiger partial charge in [0.2, 0.25) is 0 Å². The minimum atomic E-state index is 0. The minimum absolute atomic E-state index is 0. The molecule has 0 aliphatic carbocycles. The zero-order valence-corrected chi connectivity index (χ0v) is 15.5. The molecule has 3 rings (SSSR count). The van der Waals surface area contributed by atoms with Gasteiger partial charge in [-0.25, -0.2) is 10.3 Å². The fourth-order valence-electron chi connectivity index (χ4n) is 2.30. The lowest BCUT2D eigenvalue weighted by Crippen LogP contribution is -3.00. The maximum atomic E-state index is 5.49. The van der Waals surface area contributed by atoms with Crippen molar-refractivity contribution in [1.29, 1.82) is 0 Å². The summed E-state index contributed by atoms with van der Waals surface area (Å²) in [5, 5.41) is 4.44. The van der Waals surface area contributed by atoms with E-state index < -0.39 is 0 Å². The third-order valence-corrected chi connectivity index (χ3v) is 4.25. The van der Waals surface area contributed by atoms with Crippen LogP contribution >= 0.6 is 11.3 Å². The first-order valence-electron chi connectivity index (χ1n) is 7.34. The number of ether oxygens (including phenoxy) is 1. The van der Waals surface area contributed by atoms with Crippen molar-refractivity contribution in [3.05, 3.63) is 59.5 Å². The van der Waals surface area contributed by atoms with Crippen LogP contribution in [-0.4, -0.2) is 6.61 Å². The lowest BCUT2D eigenvalue weighted by atomic mass is 10.1. The van der Waals surface area contributed by atoms with Gasteiger partial charge in [0.1, 0.15) is 17.1 Å². The van der Waals surface area contributed by atoms with Gasteiger partial charge in [0.25, 0.3) is 0 Å². The molecule has 5 heteroatoms. The van der Waals surface area contributed by atoms with E-state index in [4.69, 9.17) is 4.74 Å². The number of para-hydroxylation sites is 1. The van der Waals surface area contributed by atoms with Crippen LogP contribution in [0.1, 0.15) is 11.8 Å². The first-order valence-corrected chi connectivity index (χ1v) is 8.16. The molecule has 1 aromatic heterocycles. The highest BCUT2D eigenvalue weighted by Crippen LogP contribution is 2.29. The van der Waals surface area contributed by atoms with Gasteiger partial charge >= 0.3 is 5.13 Å². The van der Waals surface area contributed by atoms with Crippen LogP contribution in [0.2, 0.25) is 0 Å². The molecule has 2 N–H and O–H groups in total. The topological polar surface area (TPSA) is 35.4 Å². The Morgan fingerprint density at radius 3 is 2.39 bits per heavy atom. The molecule has 0 saturated carbocycles. The van der Waals surface area contributed by atoms with Gasteiger partial charge in [-0.05, 0) is 50.2 Å². The summed E-state index contributed by atoms with van der Waals surface area (Å²) in [6, 6.07) is 18.4. The second kappa shape index (κ2) is 8.13. The van der Waals surface area contributed by atoms with E-state index in [1.54, 1.807) is 11.3 Å². The number of anilines is 2. The number of benzene rings is 2. The predicted molar refractivity (Wildman–Crippen MR) is 91.9 cm³/mol. The van der Waals surface area contributed by atoms with E-state index in [0.717, 1.165) is 22.3 Å². The molecule has 3 nitrogen and oxygen atoms in total. The number of aryl methyl sites for hydroxylation is 1. The Hall–Kier alpha value is -1.85. The van der Waals surface area contributed by atoms with Gasteiger partial charge < -0.3 is 21.7 Å². The van der Waals surface area contributed by atoms with E-state index in [9.17, 15) is 0 Å². The van der Waals surface area contributed by atoms with Gasteiger partial charge in [-0.3, -0.25) is 0 Å². The number of halogens is 1. The van der Waals surface area contributed by atoms with E-state index >= 15 is 0 Å². The average molecular weight is 391 g/mol. The third kappa shape index (κ3) is 4.33. The molecule has 0 spiro atoms. The Morgan fingerprint density at radius 1 is 1.04 bits per heavy atom. The SMILES string of the molecule is CCOc1ccc(-c2[nH+]c(Nc3ccccc3)sc2C)cc1.[Br-]. The lowest BCUT2D eigenvalue weighted by Gasteiger charge is -2.03. The predicted octanol–water partition coefficient (Wildman–Crippen LogP) is 1.68. The number of thiazole rings is 1.